The molecule has 0 aliphatic carbocycles. The van der Waals surface area contributed by atoms with E-state index < -0.39 is 5.82 Å². The van der Waals surface area contributed by atoms with Crippen LogP contribution in [0.25, 0.3) is 0 Å². The molecule has 0 aliphatic rings. The highest BCUT2D eigenvalue weighted by Crippen LogP contribution is 2.06. The molecular formula is C8H11F2P. The summed E-state index contributed by atoms with van der Waals surface area (Å²) in [7, 11) is 2.42. The van der Waals surface area contributed by atoms with Crippen molar-refractivity contribution in [2.45, 2.75) is 6.92 Å². The Bertz CT molecular complexity index is 223. The summed E-state index contributed by atoms with van der Waals surface area (Å²) in [6.07, 6.45) is 0. The molecule has 0 aliphatic heterocycles. The van der Waals surface area contributed by atoms with Gasteiger partial charge in [-0.25, -0.2) is 8.78 Å². The monoisotopic (exact) mass is 176 g/mol. The molecule has 0 radical (unpaired) electrons. The fourth-order valence-electron chi connectivity index (χ4n) is 0.608. The van der Waals surface area contributed by atoms with Gasteiger partial charge in [0.15, 0.2) is 0 Å². The summed E-state index contributed by atoms with van der Waals surface area (Å²) >= 11 is 0. The zero-order chi connectivity index (χ0) is 8.85. The number of benzene rings is 1. The van der Waals surface area contributed by atoms with Crippen molar-refractivity contribution in [3.05, 3.63) is 35.4 Å². The van der Waals surface area contributed by atoms with Crippen molar-refractivity contribution < 1.29 is 8.78 Å². The van der Waals surface area contributed by atoms with Crippen molar-refractivity contribution in [3.8, 4) is 0 Å². The lowest BCUT2D eigenvalue weighted by atomic mass is 10.2. The third kappa shape index (κ3) is 3.43. The van der Waals surface area contributed by atoms with Crippen LogP contribution < -0.4 is 0 Å². The van der Waals surface area contributed by atoms with Crippen LogP contribution in [0.3, 0.4) is 0 Å². The molecule has 0 saturated carbocycles. The van der Waals surface area contributed by atoms with Gasteiger partial charge >= 0.3 is 0 Å². The molecule has 1 atom stereocenters. The first kappa shape index (κ1) is 10.5. The van der Waals surface area contributed by atoms with E-state index in [1.165, 1.54) is 6.92 Å². The molecule has 0 N–H and O–H groups in total. The molecule has 1 aromatic carbocycles. The van der Waals surface area contributed by atoms with Gasteiger partial charge in [0.2, 0.25) is 0 Å². The van der Waals surface area contributed by atoms with E-state index in [1.807, 2.05) is 6.66 Å². The van der Waals surface area contributed by atoms with Crippen LogP contribution in [-0.2, 0) is 0 Å². The van der Waals surface area contributed by atoms with Crippen molar-refractivity contribution in [2.75, 3.05) is 6.66 Å². The smallest absolute Gasteiger partial charge is 0.126 e. The second-order valence-corrected chi connectivity index (χ2v) is 1.89. The molecule has 1 rings (SSSR count). The van der Waals surface area contributed by atoms with E-state index in [0.29, 0.717) is 5.56 Å². The highest BCUT2D eigenvalue weighted by molar-refractivity contribution is 7.15. The molecule has 0 spiro atoms. The molecule has 0 amide bonds. The Labute approximate surface area is 67.8 Å². The maximum atomic E-state index is 12.3. The minimum absolute atomic E-state index is 0.343. The Hall–Kier alpha value is -0.490. The SMILES string of the molecule is CP.Cc1cc(F)ccc1F. The van der Waals surface area contributed by atoms with Crippen molar-refractivity contribution in [1.82, 2.24) is 0 Å². The van der Waals surface area contributed by atoms with Crippen LogP contribution in [0.2, 0.25) is 0 Å². The van der Waals surface area contributed by atoms with E-state index >= 15 is 0 Å². The van der Waals surface area contributed by atoms with Crippen molar-refractivity contribution >= 4 is 9.24 Å². The van der Waals surface area contributed by atoms with Gasteiger partial charge in [-0.05, 0) is 30.7 Å². The van der Waals surface area contributed by atoms with Crippen LogP contribution in [0, 0.1) is 18.6 Å². The topological polar surface area (TPSA) is 0 Å². The summed E-state index contributed by atoms with van der Waals surface area (Å²) in [5.74, 6) is -0.759. The maximum absolute atomic E-state index is 12.3. The Kier molecular flexibility index (Phi) is 4.97. The minimum Gasteiger partial charge on any atom is -0.207 e. The Balaban J connectivity index is 0.000000461. The van der Waals surface area contributed by atoms with E-state index in [1.54, 1.807) is 0 Å². The number of halogens is 2. The van der Waals surface area contributed by atoms with Gasteiger partial charge in [0.1, 0.15) is 11.6 Å². The average Bonchev–Trinajstić information content (AvgIpc) is 2.02. The van der Waals surface area contributed by atoms with Crippen molar-refractivity contribution in [1.29, 1.82) is 0 Å². The van der Waals surface area contributed by atoms with Crippen LogP contribution in [-0.4, -0.2) is 6.66 Å². The molecule has 3 heteroatoms. The normalized spacial score (nSPS) is 8.45. The standard InChI is InChI=1S/C7H6F2.CH5P/c1-5-4-6(8)2-3-7(5)9;1-2/h2-4H,1H3;2H2,1H3. The van der Waals surface area contributed by atoms with Gasteiger partial charge in [0.25, 0.3) is 0 Å². The van der Waals surface area contributed by atoms with Gasteiger partial charge in [0.05, 0.1) is 0 Å². The Morgan fingerprint density at radius 2 is 1.73 bits per heavy atom. The van der Waals surface area contributed by atoms with Gasteiger partial charge in [-0.1, -0.05) is 6.66 Å². The third-order valence-electron chi connectivity index (χ3n) is 1.12. The quantitative estimate of drug-likeness (QED) is 0.533. The number of hydrogen-bond acceptors (Lipinski definition) is 0. The van der Waals surface area contributed by atoms with Crippen LogP contribution in [0.15, 0.2) is 18.2 Å². The average molecular weight is 176 g/mol. The minimum atomic E-state index is -0.395. The predicted octanol–water partition coefficient (Wildman–Crippen LogP) is 2.76. The zero-order valence-electron chi connectivity index (χ0n) is 6.57. The second kappa shape index (κ2) is 5.20. The Morgan fingerprint density at radius 1 is 1.18 bits per heavy atom. The van der Waals surface area contributed by atoms with Crippen molar-refractivity contribution in [3.63, 3.8) is 0 Å². The first-order chi connectivity index (χ1) is 5.20. The van der Waals surface area contributed by atoms with Crippen LogP contribution in [0.5, 0.6) is 0 Å². The summed E-state index contributed by atoms with van der Waals surface area (Å²) in [5.41, 5.74) is 0.343. The maximum Gasteiger partial charge on any atom is 0.126 e. The molecule has 0 nitrogen and oxygen atoms in total. The van der Waals surface area contributed by atoms with Crippen LogP contribution >= 0.6 is 9.24 Å². The summed E-state index contributed by atoms with van der Waals surface area (Å²) in [6.45, 7) is 3.44. The molecule has 0 fully saturated rings. The van der Waals surface area contributed by atoms with Gasteiger partial charge in [-0.15, -0.1) is 9.24 Å². The van der Waals surface area contributed by atoms with Crippen LogP contribution in [0.4, 0.5) is 8.78 Å². The fraction of sp³-hybridized carbons (Fsp3) is 0.250. The highest BCUT2D eigenvalue weighted by atomic mass is 31.0. The predicted molar refractivity (Wildman–Crippen MR) is 46.7 cm³/mol. The number of rotatable bonds is 0. The molecule has 0 aromatic heterocycles. The fourth-order valence-corrected chi connectivity index (χ4v) is 0.608. The first-order valence-corrected chi connectivity index (χ1v) is 4.35. The number of hydrogen-bond donors (Lipinski definition) is 0. The van der Waals surface area contributed by atoms with Gasteiger partial charge in [0, 0.05) is 0 Å². The molecular weight excluding hydrogens is 165 g/mol. The van der Waals surface area contributed by atoms with E-state index in [-0.39, 0.29) is 5.82 Å². The summed E-state index contributed by atoms with van der Waals surface area (Å²) < 4.78 is 24.5. The van der Waals surface area contributed by atoms with Gasteiger partial charge < -0.3 is 0 Å². The lowest BCUT2D eigenvalue weighted by Gasteiger charge is -1.92. The first-order valence-electron chi connectivity index (χ1n) is 3.19. The van der Waals surface area contributed by atoms with E-state index in [4.69, 9.17) is 0 Å². The molecule has 11 heavy (non-hydrogen) atoms. The largest absolute Gasteiger partial charge is 0.207 e. The lowest BCUT2D eigenvalue weighted by Crippen LogP contribution is -1.81. The Morgan fingerprint density at radius 3 is 2.09 bits per heavy atom. The molecule has 1 unspecified atom stereocenters. The van der Waals surface area contributed by atoms with Gasteiger partial charge in [-0.3, -0.25) is 0 Å². The molecule has 0 saturated heterocycles. The van der Waals surface area contributed by atoms with Crippen LogP contribution in [0.1, 0.15) is 5.56 Å². The van der Waals surface area contributed by atoms with E-state index in [9.17, 15) is 8.78 Å². The van der Waals surface area contributed by atoms with E-state index in [2.05, 4.69) is 9.24 Å². The summed E-state index contributed by atoms with van der Waals surface area (Å²) in [6, 6.07) is 3.38. The third-order valence-corrected chi connectivity index (χ3v) is 1.12. The molecule has 1 aromatic rings. The highest BCUT2D eigenvalue weighted by Gasteiger charge is 1.95. The zero-order valence-corrected chi connectivity index (χ0v) is 7.72. The summed E-state index contributed by atoms with van der Waals surface area (Å²) in [5, 5.41) is 0. The van der Waals surface area contributed by atoms with Crippen molar-refractivity contribution in [2.24, 2.45) is 0 Å². The molecule has 0 bridgehead atoms. The summed E-state index contributed by atoms with van der Waals surface area (Å²) in [4.78, 5) is 0. The second-order valence-electron chi connectivity index (χ2n) is 1.89. The van der Waals surface area contributed by atoms with E-state index in [0.717, 1.165) is 18.2 Å². The number of aryl methyl sites for hydroxylation is 1. The lowest BCUT2D eigenvalue weighted by molar-refractivity contribution is 0.592. The molecule has 62 valence electrons. The van der Waals surface area contributed by atoms with Gasteiger partial charge in [-0.2, -0.15) is 0 Å². The molecule has 0 heterocycles.